The molecule has 2 aliphatic heterocycles. The Balaban J connectivity index is 1.52. The molecule has 2 amide bonds. The van der Waals surface area contributed by atoms with Crippen LogP contribution < -0.4 is 0 Å². The van der Waals surface area contributed by atoms with Gasteiger partial charge in [0.1, 0.15) is 29.0 Å². The van der Waals surface area contributed by atoms with E-state index in [2.05, 4.69) is 15.2 Å². The van der Waals surface area contributed by atoms with Gasteiger partial charge in [0, 0.05) is 24.8 Å². The van der Waals surface area contributed by atoms with Crippen LogP contribution in [0.5, 0.6) is 0 Å². The van der Waals surface area contributed by atoms with Crippen molar-refractivity contribution < 1.29 is 18.5 Å². The second-order valence-corrected chi connectivity index (χ2v) is 8.34. The lowest BCUT2D eigenvalue weighted by atomic mass is 9.93. The molecule has 0 aliphatic carbocycles. The molecule has 0 N–H and O–H groups in total. The van der Waals surface area contributed by atoms with Crippen LogP contribution in [0.3, 0.4) is 0 Å². The molecular formula is C24H19FN6O3. The van der Waals surface area contributed by atoms with E-state index in [9.17, 15) is 14.0 Å². The minimum Gasteiger partial charge on any atom is -0.364 e. The number of aryl methyl sites for hydroxylation is 1. The number of halogens is 1. The molecule has 5 heterocycles. The van der Waals surface area contributed by atoms with E-state index in [1.165, 1.54) is 18.4 Å². The molecule has 1 saturated heterocycles. The fourth-order valence-electron chi connectivity index (χ4n) is 4.88. The summed E-state index contributed by atoms with van der Waals surface area (Å²) in [6.45, 7) is 2.48. The van der Waals surface area contributed by atoms with Gasteiger partial charge in [0.25, 0.3) is 11.8 Å². The van der Waals surface area contributed by atoms with Gasteiger partial charge in [-0.1, -0.05) is 23.4 Å². The zero-order valence-corrected chi connectivity index (χ0v) is 18.2. The Morgan fingerprint density at radius 1 is 1.12 bits per heavy atom. The van der Waals surface area contributed by atoms with Crippen LogP contribution in [0.2, 0.25) is 0 Å². The van der Waals surface area contributed by atoms with E-state index >= 15 is 0 Å². The van der Waals surface area contributed by atoms with Gasteiger partial charge in [-0.05, 0) is 37.3 Å². The standard InChI is InChI=1S/C24H19FN6O3/c1-15-18(13-34-28-15)22(32)29-10-11-30-23(33)21-12-20(19-4-2-3-9-26-19)27-31(21)14-24(29,30)16-5-7-17(25)8-6-16/h2-9,12-13H,10-11,14H2,1H3. The number of fused-ring (bicyclic) bond motifs is 2. The fourth-order valence-corrected chi connectivity index (χ4v) is 4.88. The minimum absolute atomic E-state index is 0.183. The zero-order chi connectivity index (χ0) is 23.4. The van der Waals surface area contributed by atoms with Gasteiger partial charge in [0.15, 0.2) is 5.66 Å². The predicted octanol–water partition coefficient (Wildman–Crippen LogP) is 2.85. The molecule has 2 aliphatic rings. The van der Waals surface area contributed by atoms with Gasteiger partial charge in [-0.25, -0.2) is 4.39 Å². The van der Waals surface area contributed by atoms with Crippen molar-refractivity contribution in [3.8, 4) is 11.4 Å². The molecule has 4 aromatic rings. The second kappa shape index (κ2) is 7.34. The topological polar surface area (TPSA) is 97.4 Å². The second-order valence-electron chi connectivity index (χ2n) is 8.34. The molecule has 1 atom stereocenters. The maximum atomic E-state index is 13.8. The number of hydrogen-bond acceptors (Lipinski definition) is 6. The Bertz CT molecular complexity index is 1410. The van der Waals surface area contributed by atoms with Crippen LogP contribution in [0, 0.1) is 12.7 Å². The van der Waals surface area contributed by atoms with Crippen molar-refractivity contribution in [1.29, 1.82) is 0 Å². The highest BCUT2D eigenvalue weighted by molar-refractivity contribution is 5.99. The molecule has 0 spiro atoms. The molecule has 9 nitrogen and oxygen atoms in total. The Kier molecular flexibility index (Phi) is 4.38. The van der Waals surface area contributed by atoms with E-state index in [0.717, 1.165) is 0 Å². The van der Waals surface area contributed by atoms with Crippen LogP contribution >= 0.6 is 0 Å². The summed E-state index contributed by atoms with van der Waals surface area (Å²) in [7, 11) is 0. The summed E-state index contributed by atoms with van der Waals surface area (Å²) in [5, 5.41) is 8.49. The minimum atomic E-state index is -1.19. The number of pyridine rings is 1. The molecule has 34 heavy (non-hydrogen) atoms. The molecule has 1 fully saturated rings. The monoisotopic (exact) mass is 458 g/mol. The number of rotatable bonds is 3. The predicted molar refractivity (Wildman–Crippen MR) is 117 cm³/mol. The molecule has 3 aromatic heterocycles. The van der Waals surface area contributed by atoms with E-state index in [1.54, 1.807) is 51.9 Å². The van der Waals surface area contributed by atoms with Crippen molar-refractivity contribution in [2.45, 2.75) is 19.1 Å². The normalized spacial score (nSPS) is 19.3. The number of nitrogens with zero attached hydrogens (tertiary/aromatic N) is 6. The Morgan fingerprint density at radius 2 is 1.94 bits per heavy atom. The van der Waals surface area contributed by atoms with Gasteiger partial charge in [0.05, 0.1) is 17.9 Å². The van der Waals surface area contributed by atoms with Crippen molar-refractivity contribution >= 4 is 11.8 Å². The molecule has 170 valence electrons. The third kappa shape index (κ3) is 2.81. The molecule has 6 rings (SSSR count). The van der Waals surface area contributed by atoms with Crippen LogP contribution in [0.15, 0.2) is 65.5 Å². The summed E-state index contributed by atoms with van der Waals surface area (Å²) in [6, 6.07) is 13.1. The van der Waals surface area contributed by atoms with E-state index < -0.39 is 11.5 Å². The molecule has 10 heteroatoms. The third-order valence-electron chi connectivity index (χ3n) is 6.51. The maximum absolute atomic E-state index is 13.8. The summed E-state index contributed by atoms with van der Waals surface area (Å²) in [5.74, 6) is -0.988. The van der Waals surface area contributed by atoms with E-state index in [0.29, 0.717) is 47.0 Å². The van der Waals surface area contributed by atoms with Crippen molar-refractivity contribution in [3.63, 3.8) is 0 Å². The van der Waals surface area contributed by atoms with Crippen molar-refractivity contribution in [3.05, 3.63) is 89.3 Å². The first kappa shape index (κ1) is 20.3. The average Bonchev–Trinajstić information content (AvgIpc) is 3.57. The lowest BCUT2D eigenvalue weighted by Crippen LogP contribution is -2.60. The number of hydrogen-bond donors (Lipinski definition) is 0. The summed E-state index contributed by atoms with van der Waals surface area (Å²) < 4.78 is 20.4. The summed E-state index contributed by atoms with van der Waals surface area (Å²) >= 11 is 0. The number of benzene rings is 1. The van der Waals surface area contributed by atoms with Gasteiger partial charge in [-0.15, -0.1) is 0 Å². The van der Waals surface area contributed by atoms with E-state index in [1.807, 2.05) is 12.1 Å². The van der Waals surface area contributed by atoms with Crippen molar-refractivity contribution in [2.75, 3.05) is 13.1 Å². The maximum Gasteiger partial charge on any atom is 0.274 e. The van der Waals surface area contributed by atoms with Crippen molar-refractivity contribution in [1.82, 2.24) is 29.7 Å². The molecular weight excluding hydrogens is 439 g/mol. The highest BCUT2D eigenvalue weighted by Gasteiger charge is 2.57. The number of carbonyl (C=O) groups is 2. The quantitative estimate of drug-likeness (QED) is 0.468. The fraction of sp³-hybridized carbons (Fsp3) is 0.208. The van der Waals surface area contributed by atoms with Crippen LogP contribution in [0.25, 0.3) is 11.4 Å². The smallest absolute Gasteiger partial charge is 0.274 e. The number of aromatic nitrogens is 4. The molecule has 0 radical (unpaired) electrons. The van der Waals surface area contributed by atoms with Crippen LogP contribution in [0.4, 0.5) is 4.39 Å². The number of amides is 2. The zero-order valence-electron chi connectivity index (χ0n) is 18.2. The lowest BCUT2D eigenvalue weighted by Gasteiger charge is -2.46. The van der Waals surface area contributed by atoms with Crippen LogP contribution in [-0.4, -0.2) is 54.6 Å². The third-order valence-corrected chi connectivity index (χ3v) is 6.51. The van der Waals surface area contributed by atoms with E-state index in [4.69, 9.17) is 4.52 Å². The average molecular weight is 458 g/mol. The molecule has 0 saturated carbocycles. The Morgan fingerprint density at radius 3 is 2.65 bits per heavy atom. The first-order valence-corrected chi connectivity index (χ1v) is 10.8. The summed E-state index contributed by atoms with van der Waals surface area (Å²) in [6.07, 6.45) is 2.97. The first-order chi connectivity index (χ1) is 16.5. The highest BCUT2D eigenvalue weighted by Crippen LogP contribution is 2.44. The van der Waals surface area contributed by atoms with Crippen LogP contribution in [0.1, 0.15) is 32.1 Å². The Hall–Kier alpha value is -4.34. The van der Waals surface area contributed by atoms with Gasteiger partial charge >= 0.3 is 0 Å². The largest absolute Gasteiger partial charge is 0.364 e. The molecule has 1 aromatic carbocycles. The van der Waals surface area contributed by atoms with E-state index in [-0.39, 0.29) is 18.4 Å². The lowest BCUT2D eigenvalue weighted by molar-refractivity contribution is -0.00852. The first-order valence-electron chi connectivity index (χ1n) is 10.8. The van der Waals surface area contributed by atoms with Gasteiger partial charge in [-0.3, -0.25) is 19.3 Å². The highest BCUT2D eigenvalue weighted by atomic mass is 19.1. The summed E-state index contributed by atoms with van der Waals surface area (Å²) in [5.41, 5.74) is 1.81. The van der Waals surface area contributed by atoms with Gasteiger partial charge in [-0.2, -0.15) is 5.10 Å². The molecule has 0 bridgehead atoms. The van der Waals surface area contributed by atoms with Crippen LogP contribution in [-0.2, 0) is 12.2 Å². The SMILES string of the molecule is Cc1nocc1C(=O)N1CCN2C(=O)c3cc(-c4ccccn4)nn3CC12c1ccc(F)cc1. The summed E-state index contributed by atoms with van der Waals surface area (Å²) in [4.78, 5) is 35.0. The van der Waals surface area contributed by atoms with Crippen molar-refractivity contribution in [2.24, 2.45) is 0 Å². The number of carbonyl (C=O) groups excluding carboxylic acids is 2. The van der Waals surface area contributed by atoms with Gasteiger partial charge in [0.2, 0.25) is 0 Å². The van der Waals surface area contributed by atoms with Gasteiger partial charge < -0.3 is 14.3 Å². The Labute approximate surface area is 193 Å². The molecule has 1 unspecified atom stereocenters.